The van der Waals surface area contributed by atoms with Gasteiger partial charge in [0.25, 0.3) is 0 Å². The molecule has 1 unspecified atom stereocenters. The first-order valence-corrected chi connectivity index (χ1v) is 6.78. The Hall–Kier alpha value is -1.32. The predicted molar refractivity (Wildman–Crippen MR) is 77.1 cm³/mol. The van der Waals surface area contributed by atoms with E-state index >= 15 is 0 Å². The minimum absolute atomic E-state index is 0.0748. The first-order valence-electron chi connectivity index (χ1n) is 6.40. The maximum atomic E-state index is 12.4. The fourth-order valence-electron chi connectivity index (χ4n) is 2.13. The van der Waals surface area contributed by atoms with Crippen LogP contribution >= 0.6 is 11.6 Å². The molecule has 1 aliphatic rings. The van der Waals surface area contributed by atoms with Gasteiger partial charge in [0.1, 0.15) is 0 Å². The molecule has 1 aromatic carbocycles. The van der Waals surface area contributed by atoms with Gasteiger partial charge >= 0.3 is 0 Å². The van der Waals surface area contributed by atoms with Crippen molar-refractivity contribution in [3.05, 3.63) is 40.4 Å². The Labute approximate surface area is 118 Å². The van der Waals surface area contributed by atoms with Crippen molar-refractivity contribution in [2.24, 2.45) is 0 Å². The molecule has 1 aromatic rings. The number of benzene rings is 1. The molecule has 19 heavy (non-hydrogen) atoms. The van der Waals surface area contributed by atoms with Gasteiger partial charge in [0.15, 0.2) is 0 Å². The summed E-state index contributed by atoms with van der Waals surface area (Å²) in [4.78, 5) is 14.2. The molecule has 0 radical (unpaired) electrons. The molecule has 0 aliphatic carbocycles. The Kier molecular flexibility index (Phi) is 4.61. The van der Waals surface area contributed by atoms with E-state index in [0.29, 0.717) is 24.8 Å². The maximum Gasteiger partial charge on any atom is 0.249 e. The molecule has 102 valence electrons. The molecule has 0 N–H and O–H groups in total. The van der Waals surface area contributed by atoms with E-state index in [4.69, 9.17) is 16.3 Å². The topological polar surface area (TPSA) is 29.5 Å². The first-order chi connectivity index (χ1) is 9.08. The summed E-state index contributed by atoms with van der Waals surface area (Å²) in [6.45, 7) is 5.74. The van der Waals surface area contributed by atoms with Crippen molar-refractivity contribution >= 4 is 23.6 Å². The molecule has 1 aliphatic heterocycles. The Bertz CT molecular complexity index is 481. The Morgan fingerprint density at radius 1 is 1.42 bits per heavy atom. The third-order valence-electron chi connectivity index (χ3n) is 3.22. The number of carbonyl (C=O) groups is 1. The smallest absolute Gasteiger partial charge is 0.249 e. The van der Waals surface area contributed by atoms with E-state index in [0.717, 1.165) is 11.1 Å². The van der Waals surface area contributed by atoms with Gasteiger partial charge in [-0.05, 0) is 37.6 Å². The van der Waals surface area contributed by atoms with Crippen LogP contribution in [0.2, 0.25) is 5.02 Å². The molecular formula is C15H18ClNO2. The lowest BCUT2D eigenvalue weighted by Crippen LogP contribution is -2.47. The van der Waals surface area contributed by atoms with E-state index < -0.39 is 0 Å². The molecule has 3 nitrogen and oxygen atoms in total. The van der Waals surface area contributed by atoms with Crippen molar-refractivity contribution in [3.8, 4) is 0 Å². The lowest BCUT2D eigenvalue weighted by Gasteiger charge is -2.33. The van der Waals surface area contributed by atoms with Gasteiger partial charge in [-0.25, -0.2) is 0 Å². The minimum atomic E-state index is 0.0748. The fraction of sp³-hybridized carbons (Fsp3) is 0.400. The summed E-state index contributed by atoms with van der Waals surface area (Å²) in [5, 5.41) is 0.697. The largest absolute Gasteiger partial charge is 0.377 e. The quantitative estimate of drug-likeness (QED) is 0.779. The molecule has 1 fully saturated rings. The summed E-state index contributed by atoms with van der Waals surface area (Å²) in [5.41, 5.74) is 1.72. The molecule has 4 heteroatoms. The maximum absolute atomic E-state index is 12.4. The number of hydrogen-bond donors (Lipinski definition) is 0. The number of nitrogens with zero attached hydrogens (tertiary/aromatic N) is 1. The zero-order valence-corrected chi connectivity index (χ0v) is 12.0. The van der Waals surface area contributed by atoms with Gasteiger partial charge in [-0.3, -0.25) is 4.79 Å². The van der Waals surface area contributed by atoms with E-state index in [1.54, 1.807) is 0 Å². The molecule has 0 bridgehead atoms. The molecule has 2 rings (SSSR count). The fourth-order valence-corrected chi connectivity index (χ4v) is 2.25. The van der Waals surface area contributed by atoms with Crippen LogP contribution in [0.15, 0.2) is 29.8 Å². The second-order valence-electron chi connectivity index (χ2n) is 4.80. The highest BCUT2D eigenvalue weighted by atomic mass is 35.5. The van der Waals surface area contributed by atoms with E-state index in [2.05, 4.69) is 0 Å². The number of ether oxygens (including phenoxy) is 1. The molecule has 1 saturated heterocycles. The summed E-state index contributed by atoms with van der Waals surface area (Å²) in [5.74, 6) is 0.0748. The van der Waals surface area contributed by atoms with Gasteiger partial charge in [0.05, 0.1) is 19.3 Å². The van der Waals surface area contributed by atoms with Crippen LogP contribution < -0.4 is 0 Å². The zero-order valence-electron chi connectivity index (χ0n) is 11.2. The summed E-state index contributed by atoms with van der Waals surface area (Å²) in [6.07, 6.45) is 1.89. The third-order valence-corrected chi connectivity index (χ3v) is 3.47. The lowest BCUT2D eigenvalue weighted by molar-refractivity contribution is -0.134. The van der Waals surface area contributed by atoms with Gasteiger partial charge in [-0.1, -0.05) is 23.7 Å². The van der Waals surface area contributed by atoms with Crippen LogP contribution in [0.4, 0.5) is 0 Å². The van der Waals surface area contributed by atoms with E-state index in [1.165, 1.54) is 0 Å². The van der Waals surface area contributed by atoms with Gasteiger partial charge in [0.2, 0.25) is 5.91 Å². The molecular weight excluding hydrogens is 262 g/mol. The van der Waals surface area contributed by atoms with Crippen LogP contribution in [0.5, 0.6) is 0 Å². The van der Waals surface area contributed by atoms with Crippen molar-refractivity contribution in [1.82, 2.24) is 4.90 Å². The van der Waals surface area contributed by atoms with Crippen LogP contribution in [0, 0.1) is 0 Å². The van der Waals surface area contributed by atoms with E-state index in [9.17, 15) is 4.79 Å². The molecule has 0 aromatic heterocycles. The van der Waals surface area contributed by atoms with Gasteiger partial charge < -0.3 is 9.64 Å². The van der Waals surface area contributed by atoms with Crippen LogP contribution in [-0.2, 0) is 9.53 Å². The van der Waals surface area contributed by atoms with Crippen molar-refractivity contribution in [2.75, 3.05) is 19.8 Å². The third kappa shape index (κ3) is 3.58. The van der Waals surface area contributed by atoms with Crippen LogP contribution in [-0.4, -0.2) is 36.6 Å². The highest BCUT2D eigenvalue weighted by Crippen LogP contribution is 2.15. The van der Waals surface area contributed by atoms with Gasteiger partial charge in [-0.15, -0.1) is 0 Å². The first kappa shape index (κ1) is 14.1. The number of carbonyl (C=O) groups excluding carboxylic acids is 1. The summed E-state index contributed by atoms with van der Waals surface area (Å²) >= 11 is 5.84. The van der Waals surface area contributed by atoms with Crippen LogP contribution in [0.1, 0.15) is 19.4 Å². The van der Waals surface area contributed by atoms with Crippen molar-refractivity contribution < 1.29 is 9.53 Å². The van der Waals surface area contributed by atoms with E-state index in [-0.39, 0.29) is 11.9 Å². The van der Waals surface area contributed by atoms with Gasteiger partial charge in [0, 0.05) is 17.1 Å². The van der Waals surface area contributed by atoms with Crippen LogP contribution in [0.25, 0.3) is 6.08 Å². The SMILES string of the molecule is C/C(=C\c1ccc(Cl)cc1)C(=O)N1CCOCC1C. The number of rotatable bonds is 2. The Morgan fingerprint density at radius 2 is 2.11 bits per heavy atom. The molecule has 0 spiro atoms. The highest BCUT2D eigenvalue weighted by molar-refractivity contribution is 6.30. The monoisotopic (exact) mass is 279 g/mol. The normalized spacial score (nSPS) is 20.5. The number of halogens is 1. The zero-order chi connectivity index (χ0) is 13.8. The molecule has 1 amide bonds. The second-order valence-corrected chi connectivity index (χ2v) is 5.24. The standard InChI is InChI=1S/C15H18ClNO2/c1-11(9-13-3-5-14(16)6-4-13)15(18)17-7-8-19-10-12(17)2/h3-6,9,12H,7-8,10H2,1-2H3/b11-9+. The summed E-state index contributed by atoms with van der Waals surface area (Å²) in [7, 11) is 0. The van der Waals surface area contributed by atoms with Gasteiger partial charge in [-0.2, -0.15) is 0 Å². The summed E-state index contributed by atoms with van der Waals surface area (Å²) in [6, 6.07) is 7.59. The molecule has 0 saturated carbocycles. The Balaban J connectivity index is 2.11. The summed E-state index contributed by atoms with van der Waals surface area (Å²) < 4.78 is 5.35. The average Bonchev–Trinajstić information content (AvgIpc) is 2.41. The molecule has 1 heterocycles. The lowest BCUT2D eigenvalue weighted by atomic mass is 10.1. The average molecular weight is 280 g/mol. The second kappa shape index (κ2) is 6.22. The van der Waals surface area contributed by atoms with Crippen molar-refractivity contribution in [1.29, 1.82) is 0 Å². The van der Waals surface area contributed by atoms with Crippen molar-refractivity contribution in [2.45, 2.75) is 19.9 Å². The van der Waals surface area contributed by atoms with E-state index in [1.807, 2.05) is 49.1 Å². The predicted octanol–water partition coefficient (Wildman–Crippen LogP) is 2.99. The molecule has 1 atom stereocenters. The van der Waals surface area contributed by atoms with Crippen molar-refractivity contribution in [3.63, 3.8) is 0 Å². The number of hydrogen-bond acceptors (Lipinski definition) is 2. The minimum Gasteiger partial charge on any atom is -0.377 e. The highest BCUT2D eigenvalue weighted by Gasteiger charge is 2.24. The number of morpholine rings is 1. The van der Waals surface area contributed by atoms with Crippen LogP contribution in [0.3, 0.4) is 0 Å². The Morgan fingerprint density at radius 3 is 2.74 bits per heavy atom. The number of amides is 1.